The number of rotatable bonds is 12. The van der Waals surface area contributed by atoms with Crippen LogP contribution in [0.25, 0.3) is 10.4 Å². The maximum absolute atomic E-state index is 13.4. The Morgan fingerprint density at radius 1 is 1.18 bits per heavy atom. The molecule has 1 saturated heterocycles. The summed E-state index contributed by atoms with van der Waals surface area (Å²) in [6, 6.07) is 7.69. The average Bonchev–Trinajstić information content (AvgIpc) is 3.53. The lowest BCUT2D eigenvalue weighted by Gasteiger charge is -2.39. The molecular weight excluding hydrogens is 494 g/mol. The molecule has 2 amide bonds. The molecule has 7 nitrogen and oxygen atoms in total. The number of thiazole rings is 1. The van der Waals surface area contributed by atoms with Gasteiger partial charge in [0.25, 0.3) is 0 Å². The van der Waals surface area contributed by atoms with Crippen LogP contribution in [0.2, 0.25) is 0 Å². The van der Waals surface area contributed by atoms with Crippen molar-refractivity contribution in [3.05, 3.63) is 53.3 Å². The summed E-state index contributed by atoms with van der Waals surface area (Å²) in [7, 11) is 1.92. The molecule has 2 aromatic rings. The fourth-order valence-corrected chi connectivity index (χ4v) is 5.88. The van der Waals surface area contributed by atoms with Gasteiger partial charge in [0.05, 0.1) is 28.2 Å². The van der Waals surface area contributed by atoms with Crippen molar-refractivity contribution in [1.29, 1.82) is 0 Å². The Morgan fingerprint density at radius 2 is 1.89 bits per heavy atom. The lowest BCUT2D eigenvalue weighted by atomic mass is 9.84. The van der Waals surface area contributed by atoms with Gasteiger partial charge in [0.15, 0.2) is 0 Å². The van der Waals surface area contributed by atoms with Gasteiger partial charge in [0.2, 0.25) is 11.8 Å². The molecule has 3 unspecified atom stereocenters. The van der Waals surface area contributed by atoms with E-state index in [0.717, 1.165) is 61.3 Å². The van der Waals surface area contributed by atoms with Crippen LogP contribution in [0.1, 0.15) is 77.1 Å². The predicted molar refractivity (Wildman–Crippen MR) is 157 cm³/mol. The highest BCUT2D eigenvalue weighted by atomic mass is 32.1. The summed E-state index contributed by atoms with van der Waals surface area (Å²) in [5.74, 6) is 0.0394. The second-order valence-corrected chi connectivity index (χ2v) is 12.2. The molecule has 1 aromatic heterocycles. The normalized spacial score (nSPS) is 17.2. The molecule has 2 heterocycles. The van der Waals surface area contributed by atoms with Crippen molar-refractivity contribution >= 4 is 23.2 Å². The van der Waals surface area contributed by atoms with E-state index >= 15 is 0 Å². The fourth-order valence-electron chi connectivity index (χ4n) is 5.06. The summed E-state index contributed by atoms with van der Waals surface area (Å²) >= 11 is 1.64. The van der Waals surface area contributed by atoms with Gasteiger partial charge in [-0.25, -0.2) is 4.98 Å². The van der Waals surface area contributed by atoms with Crippen LogP contribution in [-0.4, -0.2) is 53.9 Å². The Hall–Kier alpha value is -2.71. The lowest BCUT2D eigenvalue weighted by Crippen LogP contribution is -2.52. The highest BCUT2D eigenvalue weighted by Crippen LogP contribution is 2.32. The first-order valence-corrected chi connectivity index (χ1v) is 14.6. The first kappa shape index (κ1) is 29.8. The van der Waals surface area contributed by atoms with E-state index in [-0.39, 0.29) is 35.4 Å². The van der Waals surface area contributed by atoms with Crippen molar-refractivity contribution in [1.82, 2.24) is 25.8 Å². The molecule has 3 rings (SSSR count). The fraction of sp³-hybridized carbons (Fsp3) is 0.567. The smallest absolute Gasteiger partial charge is 0.243 e. The zero-order valence-electron chi connectivity index (χ0n) is 23.9. The van der Waals surface area contributed by atoms with Gasteiger partial charge in [0.1, 0.15) is 6.04 Å². The van der Waals surface area contributed by atoms with Crippen LogP contribution < -0.4 is 16.0 Å². The first-order valence-electron chi connectivity index (χ1n) is 13.7. The third kappa shape index (κ3) is 7.67. The van der Waals surface area contributed by atoms with Crippen LogP contribution in [0.5, 0.6) is 0 Å². The number of hydrogen-bond acceptors (Lipinski definition) is 6. The van der Waals surface area contributed by atoms with E-state index in [9.17, 15) is 9.59 Å². The van der Waals surface area contributed by atoms with Crippen molar-refractivity contribution < 1.29 is 9.59 Å². The lowest BCUT2D eigenvalue weighted by molar-refractivity contribution is -0.125. The van der Waals surface area contributed by atoms with Crippen molar-refractivity contribution in [3.63, 3.8) is 0 Å². The topological polar surface area (TPSA) is 86.4 Å². The third-order valence-corrected chi connectivity index (χ3v) is 8.26. The quantitative estimate of drug-likeness (QED) is 0.323. The minimum absolute atomic E-state index is 0.00424. The molecule has 0 aliphatic carbocycles. The Labute approximate surface area is 232 Å². The number of likely N-dealkylation sites (tertiary alicyclic amines) is 1. The SMILES string of the molecule is C=C(C(NC(=O)CCCCNC)C(C)(C)C)N1CCCC1C(=O)NC(C)c1ccc(-c2scnc2C)cc1. The van der Waals surface area contributed by atoms with E-state index < -0.39 is 0 Å². The molecule has 3 atom stereocenters. The van der Waals surface area contributed by atoms with Crippen LogP contribution >= 0.6 is 11.3 Å². The minimum Gasteiger partial charge on any atom is -0.362 e. The van der Waals surface area contributed by atoms with Crippen molar-refractivity contribution in [2.45, 2.75) is 84.8 Å². The van der Waals surface area contributed by atoms with Gasteiger partial charge in [-0.05, 0) is 69.7 Å². The molecule has 3 N–H and O–H groups in total. The maximum Gasteiger partial charge on any atom is 0.243 e. The van der Waals surface area contributed by atoms with Gasteiger partial charge in [-0.2, -0.15) is 0 Å². The molecular formula is C30H45N5O2S. The summed E-state index contributed by atoms with van der Waals surface area (Å²) in [5.41, 5.74) is 5.68. The zero-order chi connectivity index (χ0) is 27.9. The molecule has 1 aromatic carbocycles. The Balaban J connectivity index is 1.64. The molecule has 8 heteroatoms. The van der Waals surface area contributed by atoms with Crippen LogP contribution in [0.4, 0.5) is 0 Å². The maximum atomic E-state index is 13.4. The number of hydrogen-bond donors (Lipinski definition) is 3. The number of amides is 2. The molecule has 0 saturated carbocycles. The average molecular weight is 540 g/mol. The number of carbonyl (C=O) groups excluding carboxylic acids is 2. The summed E-state index contributed by atoms with van der Waals surface area (Å²) in [6.45, 7) is 16.4. The molecule has 1 aliphatic rings. The van der Waals surface area contributed by atoms with Gasteiger partial charge in [-0.1, -0.05) is 51.6 Å². The molecule has 1 fully saturated rings. The van der Waals surface area contributed by atoms with Crippen LogP contribution in [0, 0.1) is 12.3 Å². The second-order valence-electron chi connectivity index (χ2n) is 11.4. The Bertz CT molecular complexity index is 1090. The molecule has 38 heavy (non-hydrogen) atoms. The van der Waals surface area contributed by atoms with Crippen molar-refractivity contribution in [2.75, 3.05) is 20.1 Å². The van der Waals surface area contributed by atoms with E-state index in [4.69, 9.17) is 0 Å². The van der Waals surface area contributed by atoms with Gasteiger partial charge in [-0.3, -0.25) is 9.59 Å². The van der Waals surface area contributed by atoms with E-state index in [0.29, 0.717) is 6.42 Å². The summed E-state index contributed by atoms with van der Waals surface area (Å²) < 4.78 is 0. The van der Waals surface area contributed by atoms with E-state index in [2.05, 4.69) is 77.4 Å². The van der Waals surface area contributed by atoms with Crippen LogP contribution in [0.15, 0.2) is 42.1 Å². The summed E-state index contributed by atoms with van der Waals surface area (Å²) in [6.07, 6.45) is 3.99. The van der Waals surface area contributed by atoms with Crippen molar-refractivity contribution in [2.24, 2.45) is 5.41 Å². The highest BCUT2D eigenvalue weighted by molar-refractivity contribution is 7.13. The zero-order valence-corrected chi connectivity index (χ0v) is 24.7. The first-order chi connectivity index (χ1) is 18.0. The van der Waals surface area contributed by atoms with E-state index in [1.807, 2.05) is 26.4 Å². The number of unbranched alkanes of at least 4 members (excludes halogenated alkanes) is 1. The minimum atomic E-state index is -0.290. The number of nitrogens with one attached hydrogen (secondary N) is 3. The number of aromatic nitrogens is 1. The Morgan fingerprint density at radius 3 is 2.50 bits per heavy atom. The Kier molecular flexibility index (Phi) is 10.5. The standard InChI is InChI=1S/C30H45N5O2S/c1-20(23-13-15-24(16-14-23)27-21(2)32-19-38-27)33-29(37)25-11-10-18-35(25)22(3)28(30(4,5)6)34-26(36)12-8-9-17-31-7/h13-16,19-20,25,28,31H,3,8-12,17-18H2,1-2,4-7H3,(H,33,37)(H,34,36). The van der Waals surface area contributed by atoms with Gasteiger partial charge in [-0.15, -0.1) is 11.3 Å². The number of benzene rings is 1. The van der Waals surface area contributed by atoms with E-state index in [1.54, 1.807) is 11.3 Å². The number of aryl methyl sites for hydroxylation is 1. The molecule has 0 radical (unpaired) electrons. The molecule has 1 aliphatic heterocycles. The summed E-state index contributed by atoms with van der Waals surface area (Å²) in [5, 5.41) is 9.56. The van der Waals surface area contributed by atoms with Crippen LogP contribution in [0.3, 0.4) is 0 Å². The number of carbonyl (C=O) groups is 2. The van der Waals surface area contributed by atoms with Gasteiger partial charge in [0, 0.05) is 18.7 Å². The van der Waals surface area contributed by atoms with Gasteiger partial charge < -0.3 is 20.9 Å². The molecule has 0 spiro atoms. The molecule has 208 valence electrons. The predicted octanol–water partition coefficient (Wildman–Crippen LogP) is 5.19. The third-order valence-electron chi connectivity index (χ3n) is 7.29. The second kappa shape index (κ2) is 13.4. The summed E-state index contributed by atoms with van der Waals surface area (Å²) in [4.78, 5) is 33.8. The monoisotopic (exact) mass is 539 g/mol. The van der Waals surface area contributed by atoms with Crippen molar-refractivity contribution in [3.8, 4) is 10.4 Å². The van der Waals surface area contributed by atoms with Gasteiger partial charge >= 0.3 is 0 Å². The highest BCUT2D eigenvalue weighted by Gasteiger charge is 2.38. The van der Waals surface area contributed by atoms with Crippen LogP contribution in [-0.2, 0) is 9.59 Å². The number of nitrogens with zero attached hydrogens (tertiary/aromatic N) is 2. The largest absolute Gasteiger partial charge is 0.362 e. The van der Waals surface area contributed by atoms with E-state index in [1.165, 1.54) is 4.88 Å². The molecule has 0 bridgehead atoms.